The van der Waals surface area contributed by atoms with Gasteiger partial charge < -0.3 is 60.6 Å². The van der Waals surface area contributed by atoms with Gasteiger partial charge in [0.05, 0.1) is 132 Å². The number of fused-ring (bicyclic) bond motifs is 3. The normalized spacial score (nSPS) is 21.5. The van der Waals surface area contributed by atoms with Crippen LogP contribution in [0.1, 0.15) is 113 Å². The molecule has 7 aromatic heterocycles. The van der Waals surface area contributed by atoms with Crippen molar-refractivity contribution in [2.45, 2.75) is 165 Å². The van der Waals surface area contributed by atoms with Crippen LogP contribution in [0, 0.1) is 34.9 Å². The highest BCUT2D eigenvalue weighted by atomic mass is 35.5. The average molecular weight is 1720 g/mol. The third-order valence-electron chi connectivity index (χ3n) is 21.5. The lowest BCUT2D eigenvalue weighted by Crippen LogP contribution is -2.32. The van der Waals surface area contributed by atoms with Gasteiger partial charge in [0.1, 0.15) is 95.7 Å². The molecule has 6 N–H and O–H groups in total. The van der Waals surface area contributed by atoms with E-state index in [4.69, 9.17) is 20.3 Å². The zero-order valence-corrected chi connectivity index (χ0v) is 70.6. The summed E-state index contributed by atoms with van der Waals surface area (Å²) >= 11 is 4.64. The van der Waals surface area contributed by atoms with Crippen molar-refractivity contribution in [1.82, 2.24) is 59.3 Å². The van der Waals surface area contributed by atoms with E-state index in [0.717, 1.165) is 66.7 Å². The molecule has 16 rings (SSSR count). The fraction of sp³-hybridized carbons (Fsp3) is 0.439. The molecule has 2 amide bonds. The minimum absolute atomic E-state index is 0.00220. The first-order valence-corrected chi connectivity index (χ1v) is 47.6. The Morgan fingerprint density at radius 2 is 0.942 bits per heavy atom. The van der Waals surface area contributed by atoms with Crippen LogP contribution in [0.4, 0.5) is 79.8 Å². The number of anilines is 7. The maximum atomic E-state index is 15.0. The van der Waals surface area contributed by atoms with Crippen molar-refractivity contribution in [1.29, 1.82) is 0 Å². The fourth-order valence-corrected chi connectivity index (χ4v) is 16.8. The number of carbonyl (C=O) groups is 2. The SMILES string of the molecule is CC1(O)CCN(c2cnc(C(=O)Nc3cnc4c(c3)C(N3C[C@@H](F)C[C@@H]3c3cc(F)ccc3F)=NC4)cn2)C1.CC1(O)CCN(c2cnc(C(=O)Nc3cnc4c(c3)c(N3C[C@@H](F)C[C@@H]3c3cc(F)ccc3F)nn4COCC[Si](C)(C)C)cn2)C1.CCl.C[Si](C)(C)CCOCn1nc(N2C[C@@H](F)C[C@@H]2c2cc(F)ccc2F)c2cc(N)cnc21. The van der Waals surface area contributed by atoms with E-state index in [1.165, 1.54) is 49.8 Å². The van der Waals surface area contributed by atoms with Crippen molar-refractivity contribution in [3.63, 3.8) is 0 Å². The van der Waals surface area contributed by atoms with Crippen molar-refractivity contribution >= 4 is 108 Å². The van der Waals surface area contributed by atoms with Gasteiger partial charge in [0.2, 0.25) is 0 Å². The van der Waals surface area contributed by atoms with Crippen LogP contribution in [-0.2, 0) is 29.5 Å². The lowest BCUT2D eigenvalue weighted by molar-refractivity contribution is 0.0813. The van der Waals surface area contributed by atoms with E-state index in [1.807, 2.05) is 9.80 Å². The van der Waals surface area contributed by atoms with Crippen LogP contribution in [0.2, 0.25) is 51.4 Å². The van der Waals surface area contributed by atoms with Crippen LogP contribution >= 0.6 is 11.6 Å². The number of rotatable bonds is 21. The highest BCUT2D eigenvalue weighted by Gasteiger charge is 2.43. The first kappa shape index (κ1) is 87.4. The molecule has 3 aromatic carbocycles. The number of aliphatic imine (C=N–C) groups is 1. The molecule has 5 saturated heterocycles. The van der Waals surface area contributed by atoms with E-state index in [1.54, 1.807) is 56.1 Å². The smallest absolute Gasteiger partial charge is 0.275 e. The number of nitrogen functional groups attached to an aromatic ring is 1. The largest absolute Gasteiger partial charge is 0.397 e. The molecule has 2 unspecified atom stereocenters. The van der Waals surface area contributed by atoms with Gasteiger partial charge >= 0.3 is 0 Å². The van der Waals surface area contributed by atoms with Gasteiger partial charge in [-0.15, -0.1) is 11.6 Å². The van der Waals surface area contributed by atoms with Gasteiger partial charge in [-0.2, -0.15) is 10.2 Å². The van der Waals surface area contributed by atoms with Gasteiger partial charge in [-0.25, -0.2) is 78.8 Å². The van der Waals surface area contributed by atoms with E-state index >= 15 is 0 Å². The van der Waals surface area contributed by atoms with Crippen LogP contribution in [0.5, 0.6) is 0 Å². The number of aromatic nitrogens is 11. The Kier molecular flexibility index (Phi) is 26.6. The van der Waals surface area contributed by atoms with Crippen LogP contribution in [-0.4, -0.2) is 198 Å². The molecule has 10 aromatic rings. The summed E-state index contributed by atoms with van der Waals surface area (Å²) in [6, 6.07) is 14.3. The summed E-state index contributed by atoms with van der Waals surface area (Å²) in [4.78, 5) is 69.9. The van der Waals surface area contributed by atoms with Crippen molar-refractivity contribution in [3.8, 4) is 0 Å². The number of likely N-dealkylation sites (tertiary alicyclic amines) is 1. The van der Waals surface area contributed by atoms with Gasteiger partial charge in [-0.1, -0.05) is 39.3 Å². The second-order valence-electron chi connectivity index (χ2n) is 33.7. The molecule has 13 heterocycles. The van der Waals surface area contributed by atoms with Crippen molar-refractivity contribution < 1.29 is 68.8 Å². The van der Waals surface area contributed by atoms with Crippen LogP contribution in [0.3, 0.4) is 0 Å². The van der Waals surface area contributed by atoms with Crippen LogP contribution in [0.15, 0.2) is 121 Å². The van der Waals surface area contributed by atoms with Gasteiger partial charge in [-0.05, 0) is 112 Å². The number of alkyl halides is 4. The summed E-state index contributed by atoms with van der Waals surface area (Å²) in [6.07, 6.45) is 9.17. The van der Waals surface area contributed by atoms with Gasteiger partial charge in [0.15, 0.2) is 22.9 Å². The number of halogens is 10. The number of β-amino-alcohol motifs (C(OH)–C–C–N with tert-alkyl or cyclic N) is 2. The summed E-state index contributed by atoms with van der Waals surface area (Å²) in [5.41, 5.74) is 8.09. The van der Waals surface area contributed by atoms with Gasteiger partial charge in [-0.3, -0.25) is 19.6 Å². The molecule has 120 heavy (non-hydrogen) atoms. The highest BCUT2D eigenvalue weighted by molar-refractivity contribution is 6.76. The number of nitrogens with zero attached hydrogens (tertiary/aromatic N) is 17. The fourth-order valence-electron chi connectivity index (χ4n) is 15.3. The quantitative estimate of drug-likeness (QED) is 0.0193. The number of benzene rings is 3. The first-order valence-electron chi connectivity index (χ1n) is 39.4. The zero-order valence-electron chi connectivity index (χ0n) is 67.9. The lowest BCUT2D eigenvalue weighted by atomic mass is 10.0. The molecular formula is C82H96ClF9N20O6Si2. The summed E-state index contributed by atoms with van der Waals surface area (Å²) in [7, 11) is -2.58. The van der Waals surface area contributed by atoms with Crippen molar-refractivity contribution in [3.05, 3.63) is 190 Å². The lowest BCUT2D eigenvalue weighted by Gasteiger charge is -2.27. The highest BCUT2D eigenvalue weighted by Crippen LogP contribution is 2.45. The molecule has 0 aliphatic carbocycles. The Labute approximate surface area is 694 Å². The average Bonchev–Trinajstić information content (AvgIpc) is 1.56. The van der Waals surface area contributed by atoms with Crippen LogP contribution in [0.25, 0.3) is 22.1 Å². The number of amides is 2. The van der Waals surface area contributed by atoms with Gasteiger partial charge in [0.25, 0.3) is 11.8 Å². The number of carbonyl (C=O) groups excluding carboxylic acids is 2. The maximum absolute atomic E-state index is 15.0. The second-order valence-corrected chi connectivity index (χ2v) is 44.9. The number of hydrogen-bond acceptors (Lipinski definition) is 22. The molecular weight excluding hydrogens is 1620 g/mol. The Hall–Kier alpha value is -10.4. The molecule has 638 valence electrons. The predicted octanol–water partition coefficient (Wildman–Crippen LogP) is 14.5. The Morgan fingerprint density at radius 3 is 1.36 bits per heavy atom. The molecule has 5 fully saturated rings. The van der Waals surface area contributed by atoms with E-state index in [9.17, 15) is 59.3 Å². The topological polar surface area (TPSA) is 298 Å². The summed E-state index contributed by atoms with van der Waals surface area (Å²) in [6.45, 7) is 20.8. The number of amidine groups is 1. The Balaban J connectivity index is 0.000000157. The second kappa shape index (κ2) is 36.5. The van der Waals surface area contributed by atoms with Crippen molar-refractivity contribution in [2.24, 2.45) is 4.99 Å². The third kappa shape index (κ3) is 20.8. The Bertz CT molecular complexity index is 5380. The number of ether oxygens (including phenoxy) is 2. The van der Waals surface area contributed by atoms with Crippen molar-refractivity contribution in [2.75, 3.05) is 101 Å². The first-order chi connectivity index (χ1) is 57.0. The minimum atomic E-state index is -1.35. The third-order valence-corrected chi connectivity index (χ3v) is 24.9. The summed E-state index contributed by atoms with van der Waals surface area (Å²) in [5, 5.41) is 36.5. The number of pyridine rings is 3. The molecule has 8 atom stereocenters. The predicted molar refractivity (Wildman–Crippen MR) is 446 cm³/mol. The molecule has 0 saturated carbocycles. The molecule has 0 spiro atoms. The number of hydrogen-bond donors (Lipinski definition) is 5. The minimum Gasteiger partial charge on any atom is -0.397 e. The van der Waals surface area contributed by atoms with Crippen LogP contribution < -0.4 is 36.0 Å². The molecule has 6 aliphatic heterocycles. The number of aliphatic hydroxyl groups is 2. The monoisotopic (exact) mass is 1720 g/mol. The number of nitrogens with two attached hydrogens (primary N) is 1. The molecule has 6 aliphatic rings. The zero-order chi connectivity index (χ0) is 85.9. The van der Waals surface area contributed by atoms with Gasteiger partial charge in [0, 0.05) is 103 Å². The summed E-state index contributed by atoms with van der Waals surface area (Å²) < 4.78 is 145. The Morgan fingerprint density at radius 1 is 0.533 bits per heavy atom. The van der Waals surface area contributed by atoms with E-state index in [-0.39, 0.29) is 87.0 Å². The summed E-state index contributed by atoms with van der Waals surface area (Å²) in [5.74, 6) is -2.32. The maximum Gasteiger partial charge on any atom is 0.275 e. The van der Waals surface area contributed by atoms with E-state index < -0.39 is 111 Å². The van der Waals surface area contributed by atoms with E-state index in [0.29, 0.717) is 132 Å². The number of nitrogens with one attached hydrogen (secondary N) is 2. The molecule has 26 nitrogen and oxygen atoms in total. The molecule has 38 heteroatoms. The van der Waals surface area contributed by atoms with E-state index in [2.05, 4.69) is 106 Å². The standard InChI is InChI=1S/C32H39F3N8O3Si.C27H26F3N7O2.C22H28F3N5OSi.CH3Cl/c1-32(45)7-8-41(18-32)28-16-36-26(15-37-28)31(44)39-22-13-24-29(38-14-22)43(19-46-9-10-47(2,3)4)40-30(24)42-17-21(34)12-27(42)23-11-20(33)5-6-25(23)35;1-27(39)4-5-36(14-27)24-12-32-22(11-33-24)26(38)35-17-8-19-21(31-9-17)10-34-25(19)37-13-16(29)7-23(37)18-6-15(28)2-3-20(18)30;1-32(2,3)7-6-31-13-30-21-18(10-16(26)11-27-21)22(28-30)29-12-15(24)9-20(29)17-8-14(23)4-5-19(17)25;1-2/h5-6,11,13-16,21,27,45H,7-10,12,17-19H2,1-4H3,(H,39,44);2-3,6,8-9,11-12,16,23,39H,4-5,7,10,13-14H2,1H3,(H,35,38);4-5,8,10-11,15,20H,6-7,9,12-13,26H2,1-3H3;1H3/t21-,27+,32?;16-,23+,27?;15-,20+;/m000./s1. The molecule has 0 radical (unpaired) electrons. The molecule has 0 bridgehead atoms.